The lowest BCUT2D eigenvalue weighted by molar-refractivity contribution is 0.669. The second-order valence-corrected chi connectivity index (χ2v) is 12.9. The summed E-state index contributed by atoms with van der Waals surface area (Å²) in [5, 5.41) is 7.89. The largest absolute Gasteiger partial charge is 0.456 e. The van der Waals surface area contributed by atoms with E-state index in [4.69, 9.17) is 12.6 Å². The monoisotopic (exact) mass is 655 g/mol. The van der Waals surface area contributed by atoms with E-state index in [9.17, 15) is 4.11 Å². The van der Waals surface area contributed by atoms with Crippen LogP contribution in [0.3, 0.4) is 0 Å². The molecule has 1 heteroatoms. The van der Waals surface area contributed by atoms with Crippen LogP contribution in [0, 0.1) is 0 Å². The van der Waals surface area contributed by atoms with Crippen molar-refractivity contribution in [2.75, 3.05) is 0 Å². The summed E-state index contributed by atoms with van der Waals surface area (Å²) in [7, 11) is 0. The molecule has 236 valence electrons. The van der Waals surface area contributed by atoms with Gasteiger partial charge in [-0.25, -0.2) is 0 Å². The van der Waals surface area contributed by atoms with Gasteiger partial charge in [0.15, 0.2) is 0 Å². The van der Waals surface area contributed by atoms with Crippen LogP contribution >= 0.6 is 0 Å². The summed E-state index contributed by atoms with van der Waals surface area (Å²) in [6, 6.07) is 39.6. The van der Waals surface area contributed by atoms with Crippen LogP contribution in [0.15, 0.2) is 186 Å². The summed E-state index contributed by atoms with van der Waals surface area (Å²) < 4.78 is 87.1. The third kappa shape index (κ3) is 4.28. The molecule has 0 fully saturated rings. The summed E-state index contributed by atoms with van der Waals surface area (Å²) in [5.41, 5.74) is 4.30. The van der Waals surface area contributed by atoms with Crippen molar-refractivity contribution in [2.24, 2.45) is 0 Å². The van der Waals surface area contributed by atoms with Crippen LogP contribution in [0.5, 0.6) is 0 Å². The maximum absolute atomic E-state index is 9.62. The fourth-order valence-corrected chi connectivity index (χ4v) is 7.85. The SMILES string of the molecule is [2H]c1c([2H])c(-c2cc3ccccc3cc2-c2c3ccccc3c(-c3ccc4ccccc4c3)c3ccccc23)c2c(oc3c([2H])c4c([2H])c([2H])c([2H])c([2H])c4c([2H])c32)c1[2H]. The van der Waals surface area contributed by atoms with Crippen molar-refractivity contribution in [1.29, 1.82) is 0 Å². The van der Waals surface area contributed by atoms with Crippen molar-refractivity contribution in [3.63, 3.8) is 0 Å². The summed E-state index contributed by atoms with van der Waals surface area (Å²) in [6.07, 6.45) is 0. The standard InChI is InChI=1S/C50H30O/c1-2-13-32-26-37(25-24-31(32)12-1)48-38-18-7-9-20-40(38)49(41-21-10-8-19-39(41)48)44-28-34-15-4-3-14-33(34)27-43(44)42-22-11-23-46-50(42)45-29-35-16-5-6-17-36(35)30-47(45)51-46/h1-30H/i5D,6D,11D,16D,17D,22D,23D,29D,30D. The molecule has 0 saturated heterocycles. The van der Waals surface area contributed by atoms with Gasteiger partial charge in [-0.15, -0.1) is 0 Å². The molecule has 11 aromatic rings. The first-order chi connectivity index (χ1) is 29.0. The minimum atomic E-state index is -0.536. The Hall–Kier alpha value is -6.70. The van der Waals surface area contributed by atoms with Crippen LogP contribution < -0.4 is 0 Å². The molecule has 0 atom stereocenters. The lowest BCUT2D eigenvalue weighted by atomic mass is 9.82. The van der Waals surface area contributed by atoms with Crippen LogP contribution in [0.1, 0.15) is 12.3 Å². The average molecular weight is 656 g/mol. The molecule has 0 radical (unpaired) electrons. The number of rotatable bonds is 3. The summed E-state index contributed by atoms with van der Waals surface area (Å²) >= 11 is 0. The van der Waals surface area contributed by atoms with Gasteiger partial charge in [0.2, 0.25) is 0 Å². The lowest BCUT2D eigenvalue weighted by Crippen LogP contribution is -1.93. The molecular weight excluding hydrogens is 617 g/mol. The second-order valence-electron chi connectivity index (χ2n) is 12.9. The Morgan fingerprint density at radius 3 is 1.63 bits per heavy atom. The average Bonchev–Trinajstić information content (AvgIpc) is 3.68. The van der Waals surface area contributed by atoms with Gasteiger partial charge in [0, 0.05) is 10.8 Å². The molecule has 51 heavy (non-hydrogen) atoms. The van der Waals surface area contributed by atoms with Gasteiger partial charge < -0.3 is 4.42 Å². The summed E-state index contributed by atoms with van der Waals surface area (Å²) in [5.74, 6) is 0. The van der Waals surface area contributed by atoms with Crippen LogP contribution in [-0.4, -0.2) is 0 Å². The first-order valence-corrected chi connectivity index (χ1v) is 16.9. The Labute approximate surface area is 307 Å². The number of furan rings is 1. The van der Waals surface area contributed by atoms with Crippen molar-refractivity contribution >= 4 is 75.8 Å². The predicted molar refractivity (Wildman–Crippen MR) is 218 cm³/mol. The molecule has 0 N–H and O–H groups in total. The molecule has 0 spiro atoms. The van der Waals surface area contributed by atoms with Crippen LogP contribution in [-0.2, 0) is 0 Å². The first kappa shape index (κ1) is 20.7. The molecule has 1 aromatic heterocycles. The third-order valence-corrected chi connectivity index (χ3v) is 10.1. The predicted octanol–water partition coefficient (Wildman–Crippen LogP) is 14.4. The molecule has 0 saturated carbocycles. The molecule has 0 amide bonds. The number of hydrogen-bond acceptors (Lipinski definition) is 1. The van der Waals surface area contributed by atoms with E-state index >= 15 is 0 Å². The summed E-state index contributed by atoms with van der Waals surface area (Å²) in [6.45, 7) is 0. The normalized spacial score (nSPS) is 14.4. The number of fused-ring (bicyclic) bond motifs is 8. The van der Waals surface area contributed by atoms with Crippen molar-refractivity contribution in [3.8, 4) is 33.4 Å². The second kappa shape index (κ2) is 10.9. The molecule has 10 aromatic carbocycles. The Kier molecular flexibility index (Phi) is 4.43. The van der Waals surface area contributed by atoms with E-state index in [1.54, 1.807) is 0 Å². The van der Waals surface area contributed by atoms with Gasteiger partial charge in [-0.1, -0.05) is 145 Å². The third-order valence-electron chi connectivity index (χ3n) is 10.1. The van der Waals surface area contributed by atoms with E-state index < -0.39 is 36.3 Å². The Balaban J connectivity index is 1.33. The van der Waals surface area contributed by atoms with Crippen molar-refractivity contribution in [3.05, 3.63) is 182 Å². The van der Waals surface area contributed by atoms with Crippen molar-refractivity contribution in [1.82, 2.24) is 0 Å². The van der Waals surface area contributed by atoms with E-state index in [0.717, 1.165) is 65.3 Å². The zero-order valence-electron chi connectivity index (χ0n) is 36.0. The van der Waals surface area contributed by atoms with E-state index in [1.165, 1.54) is 0 Å². The van der Waals surface area contributed by atoms with E-state index in [1.807, 2.05) is 66.7 Å². The van der Waals surface area contributed by atoms with Crippen LogP contribution in [0.25, 0.3) is 109 Å². The maximum Gasteiger partial charge on any atom is 0.136 e. The van der Waals surface area contributed by atoms with Gasteiger partial charge in [0.05, 0.1) is 12.3 Å². The first-order valence-electron chi connectivity index (χ1n) is 21.4. The van der Waals surface area contributed by atoms with Crippen LogP contribution in [0.4, 0.5) is 0 Å². The minimum Gasteiger partial charge on any atom is -0.456 e. The summed E-state index contributed by atoms with van der Waals surface area (Å²) in [4.78, 5) is 0. The Morgan fingerprint density at radius 2 is 0.941 bits per heavy atom. The van der Waals surface area contributed by atoms with Gasteiger partial charge in [0.1, 0.15) is 11.2 Å². The van der Waals surface area contributed by atoms with Gasteiger partial charge in [-0.05, 0) is 124 Å². The molecule has 1 nitrogen and oxygen atoms in total. The highest BCUT2D eigenvalue weighted by atomic mass is 16.3. The van der Waals surface area contributed by atoms with Crippen molar-refractivity contribution in [2.45, 2.75) is 0 Å². The van der Waals surface area contributed by atoms with Gasteiger partial charge in [0.25, 0.3) is 0 Å². The van der Waals surface area contributed by atoms with E-state index in [-0.39, 0.29) is 56.4 Å². The minimum absolute atomic E-state index is 0.0463. The molecular formula is C50H30O. The van der Waals surface area contributed by atoms with Gasteiger partial charge in [-0.2, -0.15) is 0 Å². The fraction of sp³-hybridized carbons (Fsp3) is 0. The lowest BCUT2D eigenvalue weighted by Gasteiger charge is -2.21. The zero-order chi connectivity index (χ0) is 41.3. The molecule has 0 aliphatic rings. The van der Waals surface area contributed by atoms with Crippen LogP contribution in [0.2, 0.25) is 0 Å². The maximum atomic E-state index is 9.62. The smallest absolute Gasteiger partial charge is 0.136 e. The van der Waals surface area contributed by atoms with Gasteiger partial charge >= 0.3 is 0 Å². The quantitative estimate of drug-likeness (QED) is 0.173. The number of hydrogen-bond donors (Lipinski definition) is 0. The Bertz CT molecular complexity index is 3660. The van der Waals surface area contributed by atoms with E-state index in [2.05, 4.69) is 60.7 Å². The molecule has 1 heterocycles. The van der Waals surface area contributed by atoms with Gasteiger partial charge in [-0.3, -0.25) is 0 Å². The molecule has 0 aliphatic carbocycles. The highest BCUT2D eigenvalue weighted by molar-refractivity contribution is 6.25. The molecule has 0 aliphatic heterocycles. The van der Waals surface area contributed by atoms with E-state index in [0.29, 0.717) is 5.56 Å². The molecule has 11 rings (SSSR count). The molecule has 0 unspecified atom stereocenters. The highest BCUT2D eigenvalue weighted by Gasteiger charge is 2.22. The Morgan fingerprint density at radius 1 is 0.373 bits per heavy atom. The zero-order valence-corrected chi connectivity index (χ0v) is 27.0. The fourth-order valence-electron chi connectivity index (χ4n) is 7.85. The topological polar surface area (TPSA) is 13.1 Å². The van der Waals surface area contributed by atoms with Crippen molar-refractivity contribution < 1.29 is 16.8 Å². The number of benzene rings is 10. The molecule has 0 bridgehead atoms. The highest BCUT2D eigenvalue weighted by Crippen LogP contribution is 2.49.